The first-order valence-electron chi connectivity index (χ1n) is 3.57. The van der Waals surface area contributed by atoms with Crippen LogP contribution in [-0.4, -0.2) is 12.6 Å². The monoisotopic (exact) mass is 225 g/mol. The first-order valence-corrected chi connectivity index (χ1v) is 4.93. The molecule has 0 N–H and O–H groups in total. The van der Waals surface area contributed by atoms with Crippen molar-refractivity contribution < 1.29 is 12.9 Å². The predicted molar refractivity (Wildman–Crippen MR) is 51.3 cm³/mol. The molecule has 6 heteroatoms. The molecule has 0 aromatic heterocycles. The Morgan fingerprint density at radius 1 is 1.31 bits per heavy atom. The summed E-state index contributed by atoms with van der Waals surface area (Å²) in [5.41, 5.74) is -0.819. The van der Waals surface area contributed by atoms with E-state index in [-0.39, 0.29) is 0 Å². The molecule has 0 unspecified atom stereocenters. The molecule has 13 heavy (non-hydrogen) atoms. The molecule has 0 bridgehead atoms. The highest BCUT2D eigenvalue weighted by atomic mass is 35.5. The number of thioether (sulfide) groups is 1. The number of rotatable bonds is 3. The summed E-state index contributed by atoms with van der Waals surface area (Å²) in [6.45, 7) is -4.72. The maximum atomic E-state index is 11.9. The van der Waals surface area contributed by atoms with Gasteiger partial charge in [0.05, 0.1) is 0 Å². The van der Waals surface area contributed by atoms with Crippen LogP contribution < -0.4 is 0 Å². The van der Waals surface area contributed by atoms with Crippen LogP contribution in [0.4, 0.5) is 12.9 Å². The molecule has 0 saturated heterocycles. The van der Waals surface area contributed by atoms with Crippen LogP contribution in [0.15, 0.2) is 29.2 Å². The molecule has 0 spiro atoms. The lowest BCUT2D eigenvalue weighted by Gasteiger charge is -2.12. The molecule has 0 radical (unpaired) electrons. The lowest BCUT2D eigenvalue weighted by atomic mass is 9.98. The van der Waals surface area contributed by atoms with E-state index in [1.807, 2.05) is 0 Å². The second-order valence-electron chi connectivity index (χ2n) is 2.48. The summed E-state index contributed by atoms with van der Waals surface area (Å²) >= 11 is 6.37. The van der Waals surface area contributed by atoms with E-state index < -0.39 is 12.6 Å². The lowest BCUT2D eigenvalue weighted by Crippen LogP contribution is -2.18. The molecule has 0 heterocycles. The summed E-state index contributed by atoms with van der Waals surface area (Å²) < 4.78 is 35.6. The van der Waals surface area contributed by atoms with Crippen LogP contribution in [0.2, 0.25) is 5.02 Å². The third-order valence-corrected chi connectivity index (χ3v) is 2.60. The van der Waals surface area contributed by atoms with Crippen molar-refractivity contribution in [3.63, 3.8) is 0 Å². The van der Waals surface area contributed by atoms with Gasteiger partial charge in [0.2, 0.25) is 0 Å². The van der Waals surface area contributed by atoms with E-state index in [0.29, 0.717) is 9.92 Å². The molecule has 0 nitrogen and oxygen atoms in total. The molecule has 0 saturated carbocycles. The maximum Gasteiger partial charge on any atom is 0.488 e. The number of benzene rings is 1. The molecule has 0 aliphatic carbocycles. The highest BCUT2D eigenvalue weighted by Gasteiger charge is 2.22. The van der Waals surface area contributed by atoms with Gasteiger partial charge in [0, 0.05) is 9.92 Å². The van der Waals surface area contributed by atoms with Gasteiger partial charge in [0.25, 0.3) is 0 Å². The van der Waals surface area contributed by atoms with Gasteiger partial charge in [-0.05, 0) is 23.9 Å². The Morgan fingerprint density at radius 3 is 2.54 bits per heavy atom. The Kier molecular flexibility index (Phi) is 3.56. The van der Waals surface area contributed by atoms with Crippen molar-refractivity contribution >= 4 is 30.3 Å². The topological polar surface area (TPSA) is 0 Å². The highest BCUT2D eigenvalue weighted by Crippen LogP contribution is 2.25. The van der Waals surface area contributed by atoms with Crippen molar-refractivity contribution in [3.8, 4) is 0 Å². The van der Waals surface area contributed by atoms with Gasteiger partial charge in [-0.3, -0.25) is 0 Å². The van der Waals surface area contributed by atoms with Crippen LogP contribution in [0.25, 0.3) is 0 Å². The standard InChI is InChI=1S/C7H6BClF3S/c9-6-2-1-3-7(4-6)13-5-8(10,11)12/h1-4H,5H2/q-1. The summed E-state index contributed by atoms with van der Waals surface area (Å²) in [5.74, 6) is 0. The number of halogens is 4. The molecule has 0 atom stereocenters. The van der Waals surface area contributed by atoms with Crippen LogP contribution in [0.1, 0.15) is 0 Å². The van der Waals surface area contributed by atoms with Crippen molar-refractivity contribution in [2.45, 2.75) is 4.90 Å². The first kappa shape index (κ1) is 10.8. The predicted octanol–water partition coefficient (Wildman–Crippen LogP) is 3.82. The minimum atomic E-state index is -4.72. The van der Waals surface area contributed by atoms with Gasteiger partial charge in [0.15, 0.2) is 0 Å². The Morgan fingerprint density at radius 2 is 2.00 bits per heavy atom. The van der Waals surface area contributed by atoms with E-state index in [4.69, 9.17) is 11.6 Å². The minimum absolute atomic E-state index is 0.458. The zero-order valence-electron chi connectivity index (χ0n) is 6.51. The van der Waals surface area contributed by atoms with Crippen LogP contribution in [0.5, 0.6) is 0 Å². The lowest BCUT2D eigenvalue weighted by molar-refractivity contribution is 0.485. The van der Waals surface area contributed by atoms with E-state index >= 15 is 0 Å². The molecular formula is C7H6BClF3S-. The molecule has 0 amide bonds. The third kappa shape index (κ3) is 4.48. The average Bonchev–Trinajstić information content (AvgIpc) is 2.00. The van der Waals surface area contributed by atoms with Crippen molar-refractivity contribution in [3.05, 3.63) is 29.3 Å². The number of hydrogen-bond acceptors (Lipinski definition) is 1. The van der Waals surface area contributed by atoms with Gasteiger partial charge in [-0.15, -0.1) is 0 Å². The summed E-state index contributed by atoms with van der Waals surface area (Å²) in [7, 11) is 0. The average molecular weight is 225 g/mol. The summed E-state index contributed by atoms with van der Waals surface area (Å²) in [6, 6.07) is 6.39. The van der Waals surface area contributed by atoms with Crippen LogP contribution in [0.3, 0.4) is 0 Å². The maximum absolute atomic E-state index is 11.9. The largest absolute Gasteiger partial charge is 0.488 e. The third-order valence-electron chi connectivity index (χ3n) is 1.24. The van der Waals surface area contributed by atoms with Crippen molar-refractivity contribution in [1.29, 1.82) is 0 Å². The molecule has 1 rings (SSSR count). The van der Waals surface area contributed by atoms with Gasteiger partial charge in [-0.1, -0.05) is 17.7 Å². The molecular weight excluding hydrogens is 219 g/mol. The smallest absolute Gasteiger partial charge is 0.448 e. The number of hydrogen-bond donors (Lipinski definition) is 0. The molecule has 72 valence electrons. The second kappa shape index (κ2) is 4.29. The van der Waals surface area contributed by atoms with Gasteiger partial charge in [-0.25, -0.2) is 0 Å². The molecule has 0 fully saturated rings. The fraction of sp³-hybridized carbons (Fsp3) is 0.143. The fourth-order valence-electron chi connectivity index (χ4n) is 0.747. The highest BCUT2D eigenvalue weighted by molar-refractivity contribution is 8.00. The molecule has 1 aromatic rings. The minimum Gasteiger partial charge on any atom is -0.448 e. The summed E-state index contributed by atoms with van der Waals surface area (Å²) in [4.78, 5) is 0.548. The Hall–Kier alpha value is -0.285. The quantitative estimate of drug-likeness (QED) is 0.557. The van der Waals surface area contributed by atoms with E-state index in [2.05, 4.69) is 0 Å². The Balaban J connectivity index is 2.55. The van der Waals surface area contributed by atoms with E-state index in [0.717, 1.165) is 11.8 Å². The van der Waals surface area contributed by atoms with E-state index in [1.54, 1.807) is 18.2 Å². The second-order valence-corrected chi connectivity index (χ2v) is 4.01. The van der Waals surface area contributed by atoms with E-state index in [1.165, 1.54) is 6.07 Å². The van der Waals surface area contributed by atoms with Crippen LogP contribution in [0, 0.1) is 0 Å². The summed E-state index contributed by atoms with van der Waals surface area (Å²) in [6.07, 6.45) is 0. The van der Waals surface area contributed by atoms with Gasteiger partial charge >= 0.3 is 6.98 Å². The zero-order chi connectivity index (χ0) is 9.90. The molecule has 0 aliphatic heterocycles. The van der Waals surface area contributed by atoms with Gasteiger partial charge < -0.3 is 12.9 Å². The van der Waals surface area contributed by atoms with Crippen LogP contribution in [-0.2, 0) is 0 Å². The Labute approximate surface area is 83.5 Å². The van der Waals surface area contributed by atoms with Gasteiger partial charge in [-0.2, -0.15) is 11.8 Å². The SMILES string of the molecule is F[B-](F)(F)CSc1cccc(Cl)c1. The molecule has 0 aliphatic rings. The molecule has 1 aromatic carbocycles. The Bertz CT molecular complexity index is 289. The first-order chi connectivity index (χ1) is 5.97. The summed E-state index contributed by atoms with van der Waals surface area (Å²) in [5, 5.41) is 0.458. The normalized spacial score (nSPS) is 11.7. The van der Waals surface area contributed by atoms with Crippen LogP contribution >= 0.6 is 23.4 Å². The van der Waals surface area contributed by atoms with Gasteiger partial charge in [0.1, 0.15) is 0 Å². The fourth-order valence-corrected chi connectivity index (χ4v) is 1.77. The van der Waals surface area contributed by atoms with Crippen molar-refractivity contribution in [1.82, 2.24) is 0 Å². The zero-order valence-corrected chi connectivity index (χ0v) is 8.09. The van der Waals surface area contributed by atoms with Crippen molar-refractivity contribution in [2.75, 3.05) is 5.65 Å². The van der Waals surface area contributed by atoms with Crippen molar-refractivity contribution in [2.24, 2.45) is 0 Å². The van der Waals surface area contributed by atoms with E-state index in [9.17, 15) is 12.9 Å².